The molecule has 1 unspecified atom stereocenters. The summed E-state index contributed by atoms with van der Waals surface area (Å²) >= 11 is 3.18. The van der Waals surface area contributed by atoms with Crippen LogP contribution in [0.25, 0.3) is 16.7 Å². The lowest BCUT2D eigenvalue weighted by atomic mass is 9.98. The first-order valence-corrected chi connectivity index (χ1v) is 13.7. The molecule has 1 aliphatic heterocycles. The first-order chi connectivity index (χ1) is 16.5. The largest absolute Gasteiger partial charge is 0.335 e. The van der Waals surface area contributed by atoms with E-state index in [0.29, 0.717) is 28.8 Å². The van der Waals surface area contributed by atoms with E-state index in [-0.39, 0.29) is 23.3 Å². The van der Waals surface area contributed by atoms with Crippen LogP contribution in [0.15, 0.2) is 45.7 Å². The molecule has 0 aliphatic carbocycles. The molecule has 7 nitrogen and oxygen atoms in total. The van der Waals surface area contributed by atoms with Crippen LogP contribution in [0.2, 0.25) is 0 Å². The van der Waals surface area contributed by atoms with Crippen LogP contribution < -0.4 is 5.56 Å². The predicted molar refractivity (Wildman–Crippen MR) is 138 cm³/mol. The van der Waals surface area contributed by atoms with Gasteiger partial charge in [-0.3, -0.25) is 18.6 Å². The minimum atomic E-state index is -0.0468. The summed E-state index contributed by atoms with van der Waals surface area (Å²) < 4.78 is 3.65. The van der Waals surface area contributed by atoms with Crippen molar-refractivity contribution in [2.24, 2.45) is 5.92 Å². The van der Waals surface area contributed by atoms with Gasteiger partial charge in [0.2, 0.25) is 11.7 Å². The van der Waals surface area contributed by atoms with E-state index in [1.54, 1.807) is 15.9 Å². The van der Waals surface area contributed by atoms with Crippen LogP contribution in [0, 0.1) is 5.92 Å². The van der Waals surface area contributed by atoms with Crippen LogP contribution in [-0.2, 0) is 17.8 Å². The Balaban J connectivity index is 1.46. The number of fused-ring (bicyclic) bond motifs is 4. The van der Waals surface area contributed by atoms with E-state index in [1.807, 2.05) is 33.6 Å². The number of benzene rings is 1. The van der Waals surface area contributed by atoms with Crippen LogP contribution in [0.5, 0.6) is 0 Å². The average molecular weight is 496 g/mol. The highest BCUT2D eigenvalue weighted by Crippen LogP contribution is 2.35. The van der Waals surface area contributed by atoms with Gasteiger partial charge in [0.05, 0.1) is 22.7 Å². The topological polar surface area (TPSA) is 72.5 Å². The van der Waals surface area contributed by atoms with E-state index >= 15 is 0 Å². The fourth-order valence-corrected chi connectivity index (χ4v) is 6.51. The number of thiophene rings is 1. The molecule has 178 valence electrons. The summed E-state index contributed by atoms with van der Waals surface area (Å²) in [6, 6.07) is 9.86. The number of para-hydroxylation sites is 1. The van der Waals surface area contributed by atoms with Gasteiger partial charge in [-0.05, 0) is 54.3 Å². The van der Waals surface area contributed by atoms with Gasteiger partial charge >= 0.3 is 0 Å². The Labute approximate surface area is 206 Å². The molecule has 0 saturated heterocycles. The molecule has 3 aromatic heterocycles. The molecule has 0 radical (unpaired) electrons. The molecule has 1 amide bonds. The number of thioether (sulfide) groups is 1. The molecule has 34 heavy (non-hydrogen) atoms. The Morgan fingerprint density at radius 2 is 2.06 bits per heavy atom. The maximum Gasteiger partial charge on any atom is 0.262 e. The summed E-state index contributed by atoms with van der Waals surface area (Å²) in [5.74, 6) is 1.40. The Bertz CT molecular complexity index is 1400. The summed E-state index contributed by atoms with van der Waals surface area (Å²) in [6.07, 6.45) is 2.70. The van der Waals surface area contributed by atoms with Crippen LogP contribution in [0.1, 0.15) is 50.1 Å². The number of rotatable bonds is 7. The minimum Gasteiger partial charge on any atom is -0.335 e. The van der Waals surface area contributed by atoms with Crippen molar-refractivity contribution >= 4 is 45.7 Å². The van der Waals surface area contributed by atoms with E-state index in [2.05, 4.69) is 42.4 Å². The van der Waals surface area contributed by atoms with Gasteiger partial charge in [-0.25, -0.2) is 0 Å². The van der Waals surface area contributed by atoms with Crippen molar-refractivity contribution in [3.05, 3.63) is 56.5 Å². The molecule has 5 rings (SSSR count). The predicted octanol–water partition coefficient (Wildman–Crippen LogP) is 4.78. The van der Waals surface area contributed by atoms with E-state index in [4.69, 9.17) is 0 Å². The second kappa shape index (κ2) is 9.54. The number of amides is 1. The number of carbonyl (C=O) groups excluding carboxylic acids is 1. The van der Waals surface area contributed by atoms with Crippen molar-refractivity contribution < 1.29 is 4.79 Å². The molecule has 0 bridgehead atoms. The zero-order valence-corrected chi connectivity index (χ0v) is 21.4. The second-order valence-corrected chi connectivity index (χ2v) is 11.1. The second-order valence-electron chi connectivity index (χ2n) is 9.12. The molecule has 9 heteroatoms. The molecular formula is C25H29N5O2S2. The summed E-state index contributed by atoms with van der Waals surface area (Å²) in [6.45, 7) is 7.76. The third-order valence-corrected chi connectivity index (χ3v) is 8.45. The summed E-state index contributed by atoms with van der Waals surface area (Å²) in [5.41, 5.74) is 2.02. The molecule has 1 atom stereocenters. The molecule has 0 saturated carbocycles. The Hall–Kier alpha value is -2.65. The van der Waals surface area contributed by atoms with Crippen molar-refractivity contribution in [3.8, 4) is 0 Å². The zero-order valence-electron chi connectivity index (χ0n) is 19.7. The van der Waals surface area contributed by atoms with Gasteiger partial charge in [0.25, 0.3) is 5.56 Å². The van der Waals surface area contributed by atoms with Gasteiger partial charge in [-0.1, -0.05) is 44.7 Å². The van der Waals surface area contributed by atoms with Crippen molar-refractivity contribution in [1.29, 1.82) is 0 Å². The number of nitrogens with zero attached hydrogens (tertiary/aromatic N) is 5. The van der Waals surface area contributed by atoms with Crippen LogP contribution in [0.4, 0.5) is 0 Å². The quantitative estimate of drug-likeness (QED) is 0.345. The summed E-state index contributed by atoms with van der Waals surface area (Å²) in [7, 11) is 0. The van der Waals surface area contributed by atoms with Crippen LogP contribution in [-0.4, -0.2) is 42.3 Å². The van der Waals surface area contributed by atoms with Crippen LogP contribution >= 0.6 is 23.1 Å². The van der Waals surface area contributed by atoms with Gasteiger partial charge < -0.3 is 4.90 Å². The molecular weight excluding hydrogens is 466 g/mol. The van der Waals surface area contributed by atoms with E-state index in [9.17, 15) is 9.59 Å². The fraction of sp³-hybridized carbons (Fsp3) is 0.440. The minimum absolute atomic E-state index is 0.0468. The standard InChI is InChI=1S/C25H29N5O2S2/c1-4-19-17-11-14-33-21(17)10-13-28(19)22(31)15-34-25-27-26-24-29(12-9-16(2)3)23(32)18-7-5-6-8-20(18)30(24)25/h5-8,11,14,16,19H,4,9-10,12-13,15H2,1-3H3. The Kier molecular flexibility index (Phi) is 6.48. The van der Waals surface area contributed by atoms with Gasteiger partial charge in [-0.15, -0.1) is 21.5 Å². The molecule has 1 aliphatic rings. The zero-order chi connectivity index (χ0) is 23.8. The average Bonchev–Trinajstić information content (AvgIpc) is 3.49. The van der Waals surface area contributed by atoms with Crippen molar-refractivity contribution in [2.45, 2.75) is 57.8 Å². The number of aromatic nitrogens is 4. The van der Waals surface area contributed by atoms with Crippen molar-refractivity contribution in [1.82, 2.24) is 24.1 Å². The molecule has 1 aromatic carbocycles. The Morgan fingerprint density at radius 3 is 2.85 bits per heavy atom. The molecule has 0 N–H and O–H groups in total. The fourth-order valence-electron chi connectivity index (χ4n) is 4.76. The monoisotopic (exact) mass is 495 g/mol. The maximum absolute atomic E-state index is 13.3. The van der Waals surface area contributed by atoms with Gasteiger partial charge in [-0.2, -0.15) is 0 Å². The molecule has 0 spiro atoms. The van der Waals surface area contributed by atoms with Crippen molar-refractivity contribution in [3.63, 3.8) is 0 Å². The first kappa shape index (κ1) is 23.1. The lowest BCUT2D eigenvalue weighted by molar-refractivity contribution is -0.131. The highest BCUT2D eigenvalue weighted by atomic mass is 32.2. The van der Waals surface area contributed by atoms with E-state index in [0.717, 1.165) is 31.3 Å². The number of carbonyl (C=O) groups is 1. The number of aryl methyl sites for hydroxylation is 1. The smallest absolute Gasteiger partial charge is 0.262 e. The van der Waals surface area contributed by atoms with Crippen molar-refractivity contribution in [2.75, 3.05) is 12.3 Å². The lowest BCUT2D eigenvalue weighted by Crippen LogP contribution is -2.40. The van der Waals surface area contributed by atoms with E-state index in [1.165, 1.54) is 22.2 Å². The molecule has 4 heterocycles. The first-order valence-electron chi connectivity index (χ1n) is 11.8. The normalized spacial score (nSPS) is 16.0. The highest BCUT2D eigenvalue weighted by molar-refractivity contribution is 7.99. The highest BCUT2D eigenvalue weighted by Gasteiger charge is 2.30. The third kappa shape index (κ3) is 4.05. The van der Waals surface area contributed by atoms with Gasteiger partial charge in [0, 0.05) is 18.0 Å². The van der Waals surface area contributed by atoms with Gasteiger partial charge in [0.15, 0.2) is 5.16 Å². The third-order valence-electron chi connectivity index (χ3n) is 6.53. The molecule has 0 fully saturated rings. The Morgan fingerprint density at radius 1 is 1.24 bits per heavy atom. The summed E-state index contributed by atoms with van der Waals surface area (Å²) in [5, 5.41) is 12.2. The van der Waals surface area contributed by atoms with Gasteiger partial charge in [0.1, 0.15) is 0 Å². The SMILES string of the molecule is CCC1c2ccsc2CCN1C(=O)CSc1nnc2n(CCC(C)C)c(=O)c3ccccc3n12. The van der Waals surface area contributed by atoms with E-state index < -0.39 is 0 Å². The number of hydrogen-bond acceptors (Lipinski definition) is 6. The van der Waals surface area contributed by atoms with Crippen LogP contribution in [0.3, 0.4) is 0 Å². The number of hydrogen-bond donors (Lipinski definition) is 0. The lowest BCUT2D eigenvalue weighted by Gasteiger charge is -2.35. The molecule has 4 aromatic rings. The summed E-state index contributed by atoms with van der Waals surface area (Å²) in [4.78, 5) is 29.9. The maximum atomic E-state index is 13.3.